The molecule has 102 valence electrons. The molecule has 3 rings (SSSR count). The molecule has 0 aromatic heterocycles. The van der Waals surface area contributed by atoms with Gasteiger partial charge in [0.15, 0.2) is 11.5 Å². The quantitative estimate of drug-likeness (QED) is 0.915. The molecule has 0 radical (unpaired) electrons. The van der Waals surface area contributed by atoms with Crippen LogP contribution in [0.25, 0.3) is 0 Å². The van der Waals surface area contributed by atoms with Gasteiger partial charge in [-0.25, -0.2) is 0 Å². The third-order valence-corrected chi connectivity index (χ3v) is 3.58. The van der Waals surface area contributed by atoms with Crippen LogP contribution in [-0.4, -0.2) is 24.3 Å². The minimum atomic E-state index is -1.03. The normalized spacial score (nSPS) is 19.6. The van der Waals surface area contributed by atoms with E-state index in [1.807, 2.05) is 0 Å². The van der Waals surface area contributed by atoms with Crippen LogP contribution in [0, 0.1) is 11.6 Å². The van der Waals surface area contributed by atoms with Crippen LogP contribution in [0.1, 0.15) is 29.9 Å². The van der Waals surface area contributed by atoms with Gasteiger partial charge < -0.3 is 14.6 Å². The maximum atomic E-state index is 13.8. The Morgan fingerprint density at radius 1 is 1.26 bits per heavy atom. The fraction of sp³-hybridized carbons (Fsp3) is 0.462. The van der Waals surface area contributed by atoms with Crippen molar-refractivity contribution in [1.29, 1.82) is 0 Å². The first-order valence-electron chi connectivity index (χ1n) is 6.10. The van der Waals surface area contributed by atoms with Crippen molar-refractivity contribution in [2.24, 2.45) is 0 Å². The molecule has 6 heteroatoms. The van der Waals surface area contributed by atoms with Gasteiger partial charge in [-0.3, -0.25) is 4.79 Å². The second-order valence-corrected chi connectivity index (χ2v) is 4.72. The van der Waals surface area contributed by atoms with Gasteiger partial charge in [-0.15, -0.1) is 0 Å². The van der Waals surface area contributed by atoms with Gasteiger partial charge in [0.05, 0.1) is 13.2 Å². The van der Waals surface area contributed by atoms with E-state index < -0.39 is 17.6 Å². The first-order chi connectivity index (χ1) is 9.09. The minimum absolute atomic E-state index is 0.0257. The molecular formula is C13H12F2O4. The third kappa shape index (κ3) is 1.82. The summed E-state index contributed by atoms with van der Waals surface area (Å²) in [4.78, 5) is 10.6. The average molecular weight is 270 g/mol. The zero-order valence-corrected chi connectivity index (χ0v) is 10.0. The van der Waals surface area contributed by atoms with E-state index >= 15 is 0 Å². The maximum absolute atomic E-state index is 13.8. The van der Waals surface area contributed by atoms with Crippen LogP contribution in [0.15, 0.2) is 0 Å². The van der Waals surface area contributed by atoms with Crippen LogP contribution in [0.4, 0.5) is 8.78 Å². The molecule has 1 N–H and O–H groups in total. The zero-order valence-electron chi connectivity index (χ0n) is 10.0. The molecule has 1 atom stereocenters. The number of benzene rings is 1. The van der Waals surface area contributed by atoms with Crippen molar-refractivity contribution in [3.8, 4) is 11.5 Å². The molecule has 0 amide bonds. The van der Waals surface area contributed by atoms with Crippen LogP contribution < -0.4 is 9.47 Å². The third-order valence-electron chi connectivity index (χ3n) is 3.58. The van der Waals surface area contributed by atoms with E-state index in [1.54, 1.807) is 0 Å². The van der Waals surface area contributed by atoms with Crippen molar-refractivity contribution in [3.63, 3.8) is 0 Å². The number of hydrogen-bond donors (Lipinski definition) is 1. The standard InChI is InChI=1S/C13H12F2O4/c14-10-11(15)13-9(7-3-4-18-12(7)10)6(5-19-13)1-2-8(16)17/h6H,1-5H2,(H,16,17)/t6-/m1/s1. The maximum Gasteiger partial charge on any atom is 0.303 e. The highest BCUT2D eigenvalue weighted by Crippen LogP contribution is 2.47. The highest BCUT2D eigenvalue weighted by molar-refractivity contribution is 5.67. The summed E-state index contributed by atoms with van der Waals surface area (Å²) in [5.41, 5.74) is 1.22. The molecule has 2 aliphatic heterocycles. The number of halogens is 2. The Hall–Kier alpha value is -1.85. The molecule has 0 aliphatic carbocycles. The van der Waals surface area contributed by atoms with E-state index in [2.05, 4.69) is 0 Å². The number of carboxylic acids is 1. The Balaban J connectivity index is 2.03. The van der Waals surface area contributed by atoms with Gasteiger partial charge in [0.25, 0.3) is 0 Å². The van der Waals surface area contributed by atoms with Crippen LogP contribution >= 0.6 is 0 Å². The number of ether oxygens (including phenoxy) is 2. The molecule has 2 aliphatic rings. The van der Waals surface area contributed by atoms with Crippen LogP contribution in [0.3, 0.4) is 0 Å². The Bertz CT molecular complexity index is 556. The zero-order chi connectivity index (χ0) is 13.6. The van der Waals surface area contributed by atoms with Crippen molar-refractivity contribution in [3.05, 3.63) is 22.8 Å². The molecule has 2 heterocycles. The molecule has 0 unspecified atom stereocenters. The van der Waals surface area contributed by atoms with E-state index in [-0.39, 0.29) is 30.4 Å². The monoisotopic (exact) mass is 270 g/mol. The van der Waals surface area contributed by atoms with Crippen LogP contribution in [0.5, 0.6) is 11.5 Å². The van der Waals surface area contributed by atoms with E-state index in [0.29, 0.717) is 30.6 Å². The van der Waals surface area contributed by atoms with E-state index in [4.69, 9.17) is 14.6 Å². The molecule has 4 nitrogen and oxygen atoms in total. The Kier molecular flexibility index (Phi) is 2.80. The second-order valence-electron chi connectivity index (χ2n) is 4.72. The summed E-state index contributed by atoms with van der Waals surface area (Å²) in [6.45, 7) is 0.503. The number of fused-ring (bicyclic) bond motifs is 3. The molecule has 19 heavy (non-hydrogen) atoms. The van der Waals surface area contributed by atoms with Crippen LogP contribution in [-0.2, 0) is 11.2 Å². The lowest BCUT2D eigenvalue weighted by atomic mass is 9.90. The lowest BCUT2D eigenvalue weighted by molar-refractivity contribution is -0.137. The Labute approximate surface area is 107 Å². The van der Waals surface area contributed by atoms with Gasteiger partial charge in [-0.2, -0.15) is 8.78 Å². The summed E-state index contributed by atoms with van der Waals surface area (Å²) in [6.07, 6.45) is 0.823. The lowest BCUT2D eigenvalue weighted by Gasteiger charge is -2.11. The Morgan fingerprint density at radius 2 is 2.00 bits per heavy atom. The average Bonchev–Trinajstić information content (AvgIpc) is 2.99. The minimum Gasteiger partial charge on any atom is -0.490 e. The molecule has 0 saturated carbocycles. The lowest BCUT2D eigenvalue weighted by Crippen LogP contribution is -2.06. The van der Waals surface area contributed by atoms with Crippen molar-refractivity contribution < 1.29 is 28.2 Å². The summed E-state index contributed by atoms with van der Waals surface area (Å²) in [5, 5.41) is 8.71. The van der Waals surface area contributed by atoms with Crippen molar-refractivity contribution in [2.75, 3.05) is 13.2 Å². The largest absolute Gasteiger partial charge is 0.490 e. The van der Waals surface area contributed by atoms with Gasteiger partial charge >= 0.3 is 5.97 Å². The van der Waals surface area contributed by atoms with Crippen molar-refractivity contribution >= 4 is 5.97 Å². The molecule has 0 spiro atoms. The number of hydrogen-bond acceptors (Lipinski definition) is 3. The predicted octanol–water partition coefficient (Wildman–Crippen LogP) is 2.24. The van der Waals surface area contributed by atoms with Gasteiger partial charge in [0.2, 0.25) is 11.6 Å². The first kappa shape index (κ1) is 12.2. The molecular weight excluding hydrogens is 258 g/mol. The molecule has 0 bridgehead atoms. The summed E-state index contributed by atoms with van der Waals surface area (Å²) in [5.74, 6) is -3.28. The van der Waals surface area contributed by atoms with E-state index in [0.717, 1.165) is 0 Å². The molecule has 0 saturated heterocycles. The molecule has 0 fully saturated rings. The summed E-state index contributed by atoms with van der Waals surface area (Å²) >= 11 is 0. The number of aliphatic carboxylic acids is 1. The van der Waals surface area contributed by atoms with Crippen molar-refractivity contribution in [1.82, 2.24) is 0 Å². The van der Waals surface area contributed by atoms with Gasteiger partial charge in [0, 0.05) is 29.9 Å². The predicted molar refractivity (Wildman–Crippen MR) is 60.7 cm³/mol. The number of carbonyl (C=O) groups is 1. The Morgan fingerprint density at radius 3 is 2.74 bits per heavy atom. The van der Waals surface area contributed by atoms with E-state index in [9.17, 15) is 13.6 Å². The molecule has 1 aromatic rings. The van der Waals surface area contributed by atoms with E-state index in [1.165, 1.54) is 0 Å². The SMILES string of the molecule is O=C(O)CC[C@@H]1COc2c(F)c(F)c3c(c21)CCO3. The summed E-state index contributed by atoms with van der Waals surface area (Å²) < 4.78 is 37.9. The smallest absolute Gasteiger partial charge is 0.303 e. The second kappa shape index (κ2) is 4.36. The fourth-order valence-electron chi connectivity index (χ4n) is 2.73. The number of carboxylic acid groups (broad SMARTS) is 1. The summed E-state index contributed by atoms with van der Waals surface area (Å²) in [6, 6.07) is 0. The van der Waals surface area contributed by atoms with Gasteiger partial charge in [-0.1, -0.05) is 0 Å². The first-order valence-corrected chi connectivity index (χ1v) is 6.10. The number of rotatable bonds is 3. The van der Waals surface area contributed by atoms with Crippen LogP contribution in [0.2, 0.25) is 0 Å². The van der Waals surface area contributed by atoms with Crippen molar-refractivity contribution in [2.45, 2.75) is 25.2 Å². The fourth-order valence-corrected chi connectivity index (χ4v) is 2.73. The highest BCUT2D eigenvalue weighted by atomic mass is 19.2. The van der Waals surface area contributed by atoms with Gasteiger partial charge in [-0.05, 0) is 6.42 Å². The molecule has 1 aromatic carbocycles. The highest BCUT2D eigenvalue weighted by Gasteiger charge is 2.37. The summed E-state index contributed by atoms with van der Waals surface area (Å²) in [7, 11) is 0. The topological polar surface area (TPSA) is 55.8 Å². The van der Waals surface area contributed by atoms with Gasteiger partial charge in [0.1, 0.15) is 0 Å².